The minimum absolute atomic E-state index is 0.00392. The molecule has 5 rings (SSSR count). The van der Waals surface area contributed by atoms with Gasteiger partial charge in [0, 0.05) is 21.3 Å². The Morgan fingerprint density at radius 1 is 0.943 bits per heavy atom. The van der Waals surface area contributed by atoms with Crippen LogP contribution < -0.4 is 0 Å². The maximum absolute atomic E-state index is 13.6. The molecule has 2 bridgehead atoms. The molecule has 9 nitrogen and oxygen atoms in total. The van der Waals surface area contributed by atoms with Crippen molar-refractivity contribution in [2.45, 2.75) is 16.1 Å². The van der Waals surface area contributed by atoms with Crippen LogP contribution >= 0.6 is 31.9 Å². The number of nitro benzene ring substituents is 1. The summed E-state index contributed by atoms with van der Waals surface area (Å²) < 4.78 is 0. The Morgan fingerprint density at radius 2 is 1.49 bits per heavy atom. The van der Waals surface area contributed by atoms with Gasteiger partial charge in [-0.3, -0.25) is 29.3 Å². The van der Waals surface area contributed by atoms with Crippen LogP contribution in [0.5, 0.6) is 0 Å². The van der Waals surface area contributed by atoms with Crippen molar-refractivity contribution in [2.24, 2.45) is 23.7 Å². The third-order valence-corrected chi connectivity index (χ3v) is 10.4. The number of para-hydroxylation sites is 1. The van der Waals surface area contributed by atoms with Crippen LogP contribution in [-0.2, 0) is 9.59 Å². The van der Waals surface area contributed by atoms with Crippen LogP contribution in [0.15, 0.2) is 54.6 Å². The second kappa shape index (κ2) is 8.94. The van der Waals surface area contributed by atoms with Crippen molar-refractivity contribution >= 4 is 61.1 Å². The first kappa shape index (κ1) is 23.8. The molecule has 3 aliphatic rings. The highest BCUT2D eigenvalue weighted by molar-refractivity contribution is 9.12. The molecular formula is C24H19Br2N3O6. The zero-order valence-corrected chi connectivity index (χ0v) is 21.3. The molecule has 35 heavy (non-hydrogen) atoms. The Bertz CT molecular complexity index is 1220. The number of benzene rings is 2. The fourth-order valence-corrected chi connectivity index (χ4v) is 7.48. The number of carbonyl (C=O) groups is 4. The summed E-state index contributed by atoms with van der Waals surface area (Å²) in [4.78, 5) is 64.8. The van der Waals surface area contributed by atoms with E-state index in [2.05, 4.69) is 31.9 Å². The van der Waals surface area contributed by atoms with E-state index in [4.69, 9.17) is 0 Å². The molecule has 1 aliphatic heterocycles. The largest absolute Gasteiger partial charge is 0.292 e. The van der Waals surface area contributed by atoms with Gasteiger partial charge in [-0.1, -0.05) is 74.3 Å². The van der Waals surface area contributed by atoms with Gasteiger partial charge in [-0.05, 0) is 24.3 Å². The molecule has 180 valence electrons. The van der Waals surface area contributed by atoms with Crippen molar-refractivity contribution in [3.63, 3.8) is 0 Å². The van der Waals surface area contributed by atoms with Gasteiger partial charge in [0.25, 0.3) is 23.4 Å². The van der Waals surface area contributed by atoms with Gasteiger partial charge in [-0.2, -0.15) is 5.01 Å². The molecule has 2 aliphatic carbocycles. The zero-order chi connectivity index (χ0) is 25.0. The second-order valence-corrected chi connectivity index (χ2v) is 11.0. The van der Waals surface area contributed by atoms with Crippen molar-refractivity contribution in [1.82, 2.24) is 10.0 Å². The van der Waals surface area contributed by atoms with Crippen LogP contribution in [0.4, 0.5) is 5.69 Å². The fourth-order valence-electron chi connectivity index (χ4n) is 5.61. The van der Waals surface area contributed by atoms with Crippen LogP contribution in [-0.4, -0.2) is 54.6 Å². The van der Waals surface area contributed by atoms with E-state index in [1.807, 2.05) is 0 Å². The van der Waals surface area contributed by atoms with Gasteiger partial charge in [0.15, 0.2) is 5.78 Å². The predicted molar refractivity (Wildman–Crippen MR) is 131 cm³/mol. The molecule has 3 fully saturated rings. The van der Waals surface area contributed by atoms with E-state index >= 15 is 0 Å². The van der Waals surface area contributed by atoms with Crippen molar-refractivity contribution in [1.29, 1.82) is 0 Å². The number of amides is 3. The summed E-state index contributed by atoms with van der Waals surface area (Å²) in [6.45, 7) is -0.614. The number of nitrogens with zero attached hydrogens (tertiary/aromatic N) is 3. The standard InChI is InChI=1S/C24H19Br2N3O6/c25-20-14-10-15(21(20)26)19-18(14)23(32)28(24(19)33)27(11-17(30)12-6-2-1-3-7-12)22(31)13-8-4-5-9-16(13)29(34)35/h1-9,14-15,18-21H,10-11H2/t14-,15-,18-,19-,20+,21+/m1/s1. The minimum Gasteiger partial charge on any atom is -0.292 e. The number of rotatable bonds is 6. The molecule has 11 heteroatoms. The highest BCUT2D eigenvalue weighted by Crippen LogP contribution is 2.60. The number of alkyl halides is 2. The summed E-state index contributed by atoms with van der Waals surface area (Å²) in [5, 5.41) is 13.1. The van der Waals surface area contributed by atoms with Gasteiger partial charge < -0.3 is 0 Å². The van der Waals surface area contributed by atoms with Gasteiger partial charge in [0.05, 0.1) is 16.8 Å². The molecule has 2 saturated carbocycles. The number of carbonyl (C=O) groups excluding carboxylic acids is 4. The molecule has 0 spiro atoms. The number of hydrogen-bond acceptors (Lipinski definition) is 6. The number of imide groups is 1. The number of Topliss-reactive ketones (excluding diaryl/α,β-unsaturated/α-hetero) is 1. The van der Waals surface area contributed by atoms with Crippen LogP contribution in [0.1, 0.15) is 27.1 Å². The number of hydrazine groups is 1. The van der Waals surface area contributed by atoms with Gasteiger partial charge in [0.1, 0.15) is 12.1 Å². The minimum atomic E-state index is -0.957. The van der Waals surface area contributed by atoms with Crippen molar-refractivity contribution in [3.05, 3.63) is 75.8 Å². The molecule has 1 heterocycles. The quantitative estimate of drug-likeness (QED) is 0.163. The Kier molecular flexibility index (Phi) is 6.08. The summed E-state index contributed by atoms with van der Waals surface area (Å²) in [6, 6.07) is 13.4. The summed E-state index contributed by atoms with van der Waals surface area (Å²) >= 11 is 7.25. The van der Waals surface area contributed by atoms with Crippen molar-refractivity contribution in [3.8, 4) is 0 Å². The molecule has 0 aromatic heterocycles. The van der Waals surface area contributed by atoms with Crippen molar-refractivity contribution in [2.75, 3.05) is 6.54 Å². The Morgan fingerprint density at radius 3 is 2.06 bits per heavy atom. The number of nitro groups is 1. The molecule has 3 amide bonds. The summed E-state index contributed by atoms with van der Waals surface area (Å²) in [7, 11) is 0. The molecule has 0 N–H and O–H groups in total. The second-order valence-electron chi connectivity index (χ2n) is 8.92. The maximum Gasteiger partial charge on any atom is 0.282 e. The third-order valence-electron chi connectivity index (χ3n) is 7.16. The Balaban J connectivity index is 1.55. The average Bonchev–Trinajstić information content (AvgIpc) is 3.47. The summed E-state index contributed by atoms with van der Waals surface area (Å²) in [6.07, 6.45) is 0.702. The van der Waals surface area contributed by atoms with Crippen LogP contribution in [0.3, 0.4) is 0 Å². The van der Waals surface area contributed by atoms with Gasteiger partial charge >= 0.3 is 0 Å². The lowest BCUT2D eigenvalue weighted by Crippen LogP contribution is -2.52. The number of ketones is 1. The number of hydrogen-bond donors (Lipinski definition) is 0. The lowest BCUT2D eigenvalue weighted by Gasteiger charge is -2.30. The van der Waals surface area contributed by atoms with E-state index in [0.717, 1.165) is 16.1 Å². The predicted octanol–water partition coefficient (Wildman–Crippen LogP) is 3.61. The van der Waals surface area contributed by atoms with E-state index in [1.54, 1.807) is 30.3 Å². The topological polar surface area (TPSA) is 118 Å². The molecule has 0 radical (unpaired) electrons. The highest BCUT2D eigenvalue weighted by atomic mass is 79.9. The van der Waals surface area contributed by atoms with Gasteiger partial charge in [0.2, 0.25) is 0 Å². The monoisotopic (exact) mass is 603 g/mol. The van der Waals surface area contributed by atoms with E-state index < -0.39 is 52.5 Å². The molecular weight excluding hydrogens is 586 g/mol. The molecule has 6 atom stereocenters. The van der Waals surface area contributed by atoms with Gasteiger partial charge in [-0.25, -0.2) is 5.01 Å². The van der Waals surface area contributed by atoms with Crippen molar-refractivity contribution < 1.29 is 24.1 Å². The molecule has 0 unspecified atom stereocenters. The van der Waals surface area contributed by atoms with E-state index in [9.17, 15) is 29.3 Å². The molecule has 2 aromatic rings. The number of halogens is 2. The Hall–Kier alpha value is -2.92. The molecule has 2 aromatic carbocycles. The lowest BCUT2D eigenvalue weighted by molar-refractivity contribution is -0.385. The first-order chi connectivity index (χ1) is 16.7. The summed E-state index contributed by atoms with van der Waals surface area (Å²) in [5.41, 5.74) is -0.501. The number of fused-ring (bicyclic) bond motifs is 5. The van der Waals surface area contributed by atoms with Gasteiger partial charge in [-0.15, -0.1) is 0 Å². The Labute approximate surface area is 216 Å². The van der Waals surface area contributed by atoms with Crippen LogP contribution in [0, 0.1) is 33.8 Å². The van der Waals surface area contributed by atoms with E-state index in [-0.39, 0.29) is 32.6 Å². The first-order valence-corrected chi connectivity index (χ1v) is 12.8. The van der Waals surface area contributed by atoms with Crippen LogP contribution in [0.2, 0.25) is 0 Å². The third kappa shape index (κ3) is 3.72. The highest BCUT2D eigenvalue weighted by Gasteiger charge is 2.67. The van der Waals surface area contributed by atoms with Crippen LogP contribution in [0.25, 0.3) is 0 Å². The molecule has 1 saturated heterocycles. The zero-order valence-electron chi connectivity index (χ0n) is 18.1. The first-order valence-electron chi connectivity index (χ1n) is 11.0. The normalized spacial score (nSPS) is 28.8. The smallest absolute Gasteiger partial charge is 0.282 e. The summed E-state index contributed by atoms with van der Waals surface area (Å²) in [5.74, 6) is -3.98. The average molecular weight is 605 g/mol. The lowest BCUT2D eigenvalue weighted by atomic mass is 9.81. The SMILES string of the molecule is O=C(CN(C(=O)c1ccccc1[N+](=O)[O-])N1C(=O)[C@@H]2[C@H]3C[C@@H]([C@H](Br)[C@H]3Br)[C@H]2C1=O)c1ccccc1. The van der Waals surface area contributed by atoms with E-state index in [0.29, 0.717) is 6.42 Å². The van der Waals surface area contributed by atoms with E-state index in [1.165, 1.54) is 18.2 Å². The fraction of sp³-hybridized carbons (Fsp3) is 0.333. The maximum atomic E-state index is 13.6.